The van der Waals surface area contributed by atoms with Gasteiger partial charge in [0.15, 0.2) is 0 Å². The van der Waals surface area contributed by atoms with E-state index in [-0.39, 0.29) is 56.3 Å². The molecule has 5 heteroatoms. The molecule has 1 aliphatic carbocycles. The Labute approximate surface area is 165 Å². The first-order valence-electron chi connectivity index (χ1n) is 6.20. The van der Waals surface area contributed by atoms with Gasteiger partial charge in [-0.3, -0.25) is 4.55 Å². The van der Waals surface area contributed by atoms with Crippen molar-refractivity contribution < 1.29 is 13.0 Å². The van der Waals surface area contributed by atoms with Crippen LogP contribution in [0.4, 0.5) is 0 Å². The topological polar surface area (TPSA) is 54.4 Å². The molecule has 1 N–H and O–H groups in total. The van der Waals surface area contributed by atoms with Crippen LogP contribution in [-0.2, 0) is 10.1 Å². The first-order chi connectivity index (χ1) is 9.57. The van der Waals surface area contributed by atoms with E-state index in [1.165, 1.54) is 6.07 Å². The van der Waals surface area contributed by atoms with Crippen LogP contribution in [0.25, 0.3) is 33.0 Å². The second-order valence-corrected chi connectivity index (χ2v) is 6.25. The van der Waals surface area contributed by atoms with E-state index in [4.69, 9.17) is 0 Å². The third-order valence-corrected chi connectivity index (χ3v) is 4.70. The molecule has 1 aliphatic rings. The maximum absolute atomic E-state index is 11.5. The van der Waals surface area contributed by atoms with Crippen LogP contribution in [0.5, 0.6) is 0 Å². The van der Waals surface area contributed by atoms with Crippen LogP contribution >= 0.6 is 0 Å². The van der Waals surface area contributed by atoms with Crippen molar-refractivity contribution in [3.63, 3.8) is 0 Å². The maximum Gasteiger partial charge on any atom is 0.295 e. The molecule has 99 valence electrons. The molecule has 0 spiro atoms. The van der Waals surface area contributed by atoms with Crippen LogP contribution in [0, 0.1) is 0 Å². The van der Waals surface area contributed by atoms with E-state index in [1.54, 1.807) is 12.1 Å². The van der Waals surface area contributed by atoms with Crippen molar-refractivity contribution in [3.05, 3.63) is 54.6 Å². The van der Waals surface area contributed by atoms with Gasteiger partial charge in [0, 0.05) is 56.8 Å². The molecule has 21 heavy (non-hydrogen) atoms. The van der Waals surface area contributed by atoms with E-state index in [0.29, 0.717) is 5.39 Å². The van der Waals surface area contributed by atoms with Gasteiger partial charge in [0.25, 0.3) is 10.1 Å². The fourth-order valence-electron chi connectivity index (χ4n) is 3.01. The quantitative estimate of drug-likeness (QED) is 0.432. The van der Waals surface area contributed by atoms with Gasteiger partial charge in [0.1, 0.15) is 4.90 Å². The zero-order chi connectivity index (χ0) is 13.9. The molecule has 1 radical (unpaired) electrons. The van der Waals surface area contributed by atoms with Gasteiger partial charge < -0.3 is 0 Å². The molecule has 3 aromatic carbocycles. The fourth-order valence-corrected chi connectivity index (χ4v) is 3.69. The van der Waals surface area contributed by atoms with Crippen LogP contribution in [-0.4, -0.2) is 64.4 Å². The van der Waals surface area contributed by atoms with Crippen molar-refractivity contribution in [1.29, 1.82) is 0 Å². The van der Waals surface area contributed by atoms with Gasteiger partial charge in [0.2, 0.25) is 0 Å². The Bertz CT molecular complexity index is 949. The Morgan fingerprint density at radius 2 is 1.29 bits per heavy atom. The Morgan fingerprint density at radius 3 is 1.90 bits per heavy atom. The summed E-state index contributed by atoms with van der Waals surface area (Å²) in [7, 11) is -4.22. The van der Waals surface area contributed by atoms with Crippen LogP contribution < -0.4 is 0 Å². The predicted octanol–water partition coefficient (Wildman–Crippen LogP) is 3.35. The van der Waals surface area contributed by atoms with E-state index in [2.05, 4.69) is 0 Å². The first-order valence-corrected chi connectivity index (χ1v) is 7.64. The monoisotopic (exact) mass is 321 g/mol. The summed E-state index contributed by atoms with van der Waals surface area (Å²) < 4.78 is 32.4. The van der Waals surface area contributed by atoms with Gasteiger partial charge in [-0.05, 0) is 33.7 Å². The summed E-state index contributed by atoms with van der Waals surface area (Å²) in [6.45, 7) is 0. The average Bonchev–Trinajstić information content (AvgIpc) is 2.75. The molecule has 0 fully saturated rings. The third kappa shape index (κ3) is 2.24. The molecular formula is C16H10KO3S. The average molecular weight is 321 g/mol. The largest absolute Gasteiger partial charge is 0.295 e. The van der Waals surface area contributed by atoms with E-state index >= 15 is 0 Å². The minimum atomic E-state index is -4.22. The van der Waals surface area contributed by atoms with Gasteiger partial charge in [-0.25, -0.2) is 0 Å². The molecule has 0 unspecified atom stereocenters. The fraction of sp³-hybridized carbons (Fsp3) is 0. The summed E-state index contributed by atoms with van der Waals surface area (Å²) in [6.07, 6.45) is 0. The van der Waals surface area contributed by atoms with Gasteiger partial charge >= 0.3 is 0 Å². The summed E-state index contributed by atoms with van der Waals surface area (Å²) in [5.74, 6) is 0. The number of rotatable bonds is 1. The maximum atomic E-state index is 11.5. The molecule has 0 saturated carbocycles. The summed E-state index contributed by atoms with van der Waals surface area (Å²) in [6, 6.07) is 16.7. The van der Waals surface area contributed by atoms with Gasteiger partial charge in [-0.2, -0.15) is 8.42 Å². The number of benzene rings is 3. The van der Waals surface area contributed by atoms with Crippen LogP contribution in [0.1, 0.15) is 0 Å². The van der Waals surface area contributed by atoms with Crippen LogP contribution in [0.3, 0.4) is 0 Å². The molecule has 0 bridgehead atoms. The van der Waals surface area contributed by atoms with Crippen molar-refractivity contribution >= 4 is 72.3 Å². The molecular weight excluding hydrogens is 311 g/mol. The number of hydrogen-bond acceptors (Lipinski definition) is 2. The molecule has 0 amide bonds. The minimum absolute atomic E-state index is 0. The van der Waals surface area contributed by atoms with Gasteiger partial charge in [0.05, 0.1) is 0 Å². The van der Waals surface area contributed by atoms with Gasteiger partial charge in [-0.15, -0.1) is 0 Å². The van der Waals surface area contributed by atoms with Crippen molar-refractivity contribution in [2.45, 2.75) is 4.90 Å². The van der Waals surface area contributed by atoms with E-state index < -0.39 is 10.1 Å². The SMILES string of the molecule is O=S(=O)(O)c1ccc2c3c(cccc13)-c1ccccc1-2.[K]. The molecule has 3 nitrogen and oxygen atoms in total. The summed E-state index contributed by atoms with van der Waals surface area (Å²) >= 11 is 0. The van der Waals surface area contributed by atoms with E-state index in [1.807, 2.05) is 36.4 Å². The third-order valence-electron chi connectivity index (χ3n) is 3.79. The molecule has 0 atom stereocenters. The second kappa shape index (κ2) is 5.28. The summed E-state index contributed by atoms with van der Waals surface area (Å²) in [5.41, 5.74) is 4.22. The van der Waals surface area contributed by atoms with E-state index in [9.17, 15) is 13.0 Å². The summed E-state index contributed by atoms with van der Waals surface area (Å²) in [5, 5.41) is 1.46. The first kappa shape index (κ1) is 15.4. The zero-order valence-electron chi connectivity index (χ0n) is 11.4. The molecule has 0 aromatic heterocycles. The molecule has 0 aliphatic heterocycles. The molecule has 0 heterocycles. The second-order valence-electron chi connectivity index (χ2n) is 4.86. The number of fused-ring (bicyclic) bond motifs is 3. The van der Waals surface area contributed by atoms with E-state index in [0.717, 1.165) is 27.6 Å². The molecule has 3 aromatic rings. The van der Waals surface area contributed by atoms with Crippen LogP contribution in [0.2, 0.25) is 0 Å². The Morgan fingerprint density at radius 1 is 0.714 bits per heavy atom. The molecule has 4 rings (SSSR count). The van der Waals surface area contributed by atoms with Crippen LogP contribution in [0.15, 0.2) is 59.5 Å². The predicted molar refractivity (Wildman–Crippen MR) is 83.9 cm³/mol. The van der Waals surface area contributed by atoms with Crippen molar-refractivity contribution in [3.8, 4) is 22.3 Å². The normalized spacial score (nSPS) is 12.0. The number of hydrogen-bond donors (Lipinski definition) is 1. The smallest absolute Gasteiger partial charge is 0.282 e. The van der Waals surface area contributed by atoms with Crippen molar-refractivity contribution in [2.24, 2.45) is 0 Å². The summed E-state index contributed by atoms with van der Waals surface area (Å²) in [4.78, 5) is -0.0362. The Kier molecular flexibility index (Phi) is 3.86. The van der Waals surface area contributed by atoms with Gasteiger partial charge in [-0.1, -0.05) is 48.5 Å². The zero-order valence-corrected chi connectivity index (χ0v) is 15.3. The minimum Gasteiger partial charge on any atom is -0.282 e. The standard InChI is InChI=1S/C16H10O3S.K/c17-20(18,19)15-9-8-13-11-5-2-1-4-10(11)12-6-3-7-14(15)16(12)13;/h1-9H,(H,17,18,19);. The van der Waals surface area contributed by atoms with Crippen molar-refractivity contribution in [2.75, 3.05) is 0 Å². The molecule has 0 saturated heterocycles. The Hall–Kier alpha value is -0.534. The Balaban J connectivity index is 0.00000132. The van der Waals surface area contributed by atoms with Crippen molar-refractivity contribution in [1.82, 2.24) is 0 Å².